The highest BCUT2D eigenvalue weighted by molar-refractivity contribution is 7.13. The van der Waals surface area contributed by atoms with Crippen LogP contribution >= 0.6 is 36.2 Å². The third-order valence-electron chi connectivity index (χ3n) is 3.27. The van der Waals surface area contributed by atoms with Gasteiger partial charge in [-0.25, -0.2) is 4.98 Å². The molecule has 1 aromatic heterocycles. The van der Waals surface area contributed by atoms with Crippen molar-refractivity contribution in [1.29, 1.82) is 0 Å². The summed E-state index contributed by atoms with van der Waals surface area (Å²) < 4.78 is 0. The minimum atomic E-state index is -0.0749. The number of hydrogen-bond donors (Lipinski definition) is 2. The number of carbonyl (C=O) groups is 1. The van der Waals surface area contributed by atoms with Gasteiger partial charge in [0.05, 0.1) is 5.69 Å². The molecule has 3 N–H and O–H groups in total. The quantitative estimate of drug-likeness (QED) is 0.880. The predicted molar refractivity (Wildman–Crippen MR) is 87.9 cm³/mol. The van der Waals surface area contributed by atoms with Crippen LogP contribution in [0.1, 0.15) is 26.0 Å². The zero-order valence-corrected chi connectivity index (χ0v) is 14.1. The second-order valence-corrected chi connectivity index (χ2v) is 5.83. The van der Waals surface area contributed by atoms with Crippen LogP contribution in [0, 0.1) is 5.92 Å². The lowest BCUT2D eigenvalue weighted by molar-refractivity contribution is -0.114. The molecule has 5 nitrogen and oxygen atoms in total. The molecule has 1 aliphatic heterocycles. The van der Waals surface area contributed by atoms with Gasteiger partial charge in [-0.1, -0.05) is 0 Å². The number of hydrogen-bond acceptors (Lipinski definition) is 5. The maximum atomic E-state index is 10.9. The van der Waals surface area contributed by atoms with Crippen molar-refractivity contribution in [2.75, 3.05) is 18.4 Å². The first-order valence-electron chi connectivity index (χ1n) is 6.24. The highest BCUT2D eigenvalue weighted by atomic mass is 35.5. The number of nitrogens with zero attached hydrogens (tertiary/aromatic N) is 2. The van der Waals surface area contributed by atoms with Crippen molar-refractivity contribution in [1.82, 2.24) is 9.88 Å². The van der Waals surface area contributed by atoms with E-state index in [2.05, 4.69) is 22.1 Å². The predicted octanol–water partition coefficient (Wildman–Crippen LogP) is 2.11. The van der Waals surface area contributed by atoms with Crippen molar-refractivity contribution in [3.8, 4) is 0 Å². The van der Waals surface area contributed by atoms with Crippen LogP contribution in [-0.2, 0) is 11.3 Å². The minimum Gasteiger partial charge on any atom is -0.328 e. The summed E-state index contributed by atoms with van der Waals surface area (Å²) in [5.41, 5.74) is 6.95. The Morgan fingerprint density at radius 1 is 1.65 bits per heavy atom. The van der Waals surface area contributed by atoms with E-state index in [9.17, 15) is 4.79 Å². The maximum absolute atomic E-state index is 10.9. The molecule has 0 bridgehead atoms. The Hall–Kier alpha value is -0.400. The number of aromatic nitrogens is 1. The van der Waals surface area contributed by atoms with Gasteiger partial charge in [-0.15, -0.1) is 36.2 Å². The molecule has 0 aliphatic carbocycles. The average Bonchev–Trinajstić information content (AvgIpc) is 2.88. The van der Waals surface area contributed by atoms with Gasteiger partial charge < -0.3 is 11.1 Å². The summed E-state index contributed by atoms with van der Waals surface area (Å²) in [4.78, 5) is 17.7. The van der Waals surface area contributed by atoms with Crippen molar-refractivity contribution in [2.24, 2.45) is 11.7 Å². The van der Waals surface area contributed by atoms with Gasteiger partial charge in [0.2, 0.25) is 5.91 Å². The fraction of sp³-hybridized carbons (Fsp3) is 0.667. The molecular formula is C12H22Cl2N4OS. The molecule has 0 radical (unpaired) electrons. The molecule has 2 heterocycles. The zero-order valence-electron chi connectivity index (χ0n) is 11.7. The normalized spacial score (nSPS) is 19.9. The van der Waals surface area contributed by atoms with E-state index in [0.29, 0.717) is 11.0 Å². The van der Waals surface area contributed by atoms with Crippen LogP contribution < -0.4 is 11.1 Å². The number of likely N-dealkylation sites (tertiary alicyclic amines) is 1. The summed E-state index contributed by atoms with van der Waals surface area (Å²) in [5.74, 6) is 0.521. The minimum absolute atomic E-state index is 0. The third kappa shape index (κ3) is 5.54. The smallest absolute Gasteiger partial charge is 0.223 e. The van der Waals surface area contributed by atoms with Crippen LogP contribution in [0.4, 0.5) is 5.13 Å². The topological polar surface area (TPSA) is 71.2 Å². The summed E-state index contributed by atoms with van der Waals surface area (Å²) in [6.07, 6.45) is 1.17. The summed E-state index contributed by atoms with van der Waals surface area (Å²) in [6, 6.07) is 0.264. The van der Waals surface area contributed by atoms with Crippen molar-refractivity contribution in [3.05, 3.63) is 11.1 Å². The van der Waals surface area contributed by atoms with Crippen LogP contribution in [0.3, 0.4) is 0 Å². The number of thiazole rings is 1. The molecule has 1 fully saturated rings. The van der Waals surface area contributed by atoms with Gasteiger partial charge in [0.1, 0.15) is 0 Å². The van der Waals surface area contributed by atoms with Gasteiger partial charge in [0, 0.05) is 31.4 Å². The van der Waals surface area contributed by atoms with Crippen LogP contribution in [0.2, 0.25) is 0 Å². The molecule has 1 amide bonds. The van der Waals surface area contributed by atoms with Gasteiger partial charge >= 0.3 is 0 Å². The lowest BCUT2D eigenvalue weighted by Crippen LogP contribution is -2.29. The maximum Gasteiger partial charge on any atom is 0.223 e. The molecule has 20 heavy (non-hydrogen) atoms. The molecular weight excluding hydrogens is 319 g/mol. The van der Waals surface area contributed by atoms with E-state index in [0.717, 1.165) is 25.3 Å². The zero-order chi connectivity index (χ0) is 13.1. The number of nitrogens with two attached hydrogens (primary N) is 1. The van der Waals surface area contributed by atoms with E-state index < -0.39 is 0 Å². The lowest BCUT2D eigenvalue weighted by atomic mass is 10.0. The summed E-state index contributed by atoms with van der Waals surface area (Å²) in [5, 5.41) is 5.39. The number of halogens is 2. The second kappa shape index (κ2) is 8.79. The number of amides is 1. The monoisotopic (exact) mass is 340 g/mol. The highest BCUT2D eigenvalue weighted by Crippen LogP contribution is 2.22. The Balaban J connectivity index is 0.00000180. The lowest BCUT2D eigenvalue weighted by Gasteiger charge is -2.16. The second-order valence-electron chi connectivity index (χ2n) is 4.97. The van der Waals surface area contributed by atoms with Crippen molar-refractivity contribution in [2.45, 2.75) is 32.9 Å². The van der Waals surface area contributed by atoms with Crippen molar-refractivity contribution in [3.63, 3.8) is 0 Å². The van der Waals surface area contributed by atoms with E-state index in [1.807, 2.05) is 5.38 Å². The Morgan fingerprint density at radius 3 is 2.90 bits per heavy atom. The van der Waals surface area contributed by atoms with Gasteiger partial charge in [-0.3, -0.25) is 9.69 Å². The standard InChI is InChI=1S/C12H20N4OS.2ClH/c1-8(13)10-3-4-16(5-10)6-11-7-18-12(15-11)14-9(2)17;;/h7-8,10H,3-6,13H2,1-2H3,(H,14,15,17);2*1H. The number of carbonyl (C=O) groups excluding carboxylic acids is 1. The summed E-state index contributed by atoms with van der Waals surface area (Å²) >= 11 is 1.47. The van der Waals surface area contributed by atoms with Gasteiger partial charge in [-0.05, 0) is 25.8 Å². The fourth-order valence-corrected chi connectivity index (χ4v) is 3.00. The van der Waals surface area contributed by atoms with Crippen LogP contribution in [0.15, 0.2) is 5.38 Å². The van der Waals surface area contributed by atoms with E-state index in [1.54, 1.807) is 0 Å². The molecule has 8 heteroatoms. The summed E-state index contributed by atoms with van der Waals surface area (Å²) in [6.45, 7) is 6.55. The average molecular weight is 341 g/mol. The molecule has 0 spiro atoms. The Labute approximate surface area is 136 Å². The molecule has 2 rings (SSSR count). The fourth-order valence-electron chi connectivity index (χ4n) is 2.25. The molecule has 1 saturated heterocycles. The molecule has 2 atom stereocenters. The van der Waals surface area contributed by atoms with Crippen LogP contribution in [0.5, 0.6) is 0 Å². The SMILES string of the molecule is CC(=O)Nc1nc(CN2CCC(C(C)N)C2)cs1.Cl.Cl. The largest absolute Gasteiger partial charge is 0.328 e. The summed E-state index contributed by atoms with van der Waals surface area (Å²) in [7, 11) is 0. The van der Waals surface area contributed by atoms with Crippen LogP contribution in [-0.4, -0.2) is 34.9 Å². The Bertz CT molecular complexity index is 427. The first-order valence-corrected chi connectivity index (χ1v) is 7.12. The highest BCUT2D eigenvalue weighted by Gasteiger charge is 2.25. The van der Waals surface area contributed by atoms with Gasteiger partial charge in [-0.2, -0.15) is 0 Å². The van der Waals surface area contributed by atoms with E-state index in [-0.39, 0.29) is 36.8 Å². The van der Waals surface area contributed by atoms with Crippen molar-refractivity contribution >= 4 is 47.2 Å². The molecule has 2 unspecified atom stereocenters. The molecule has 0 aromatic carbocycles. The first-order chi connectivity index (χ1) is 8.54. The molecule has 1 aromatic rings. The van der Waals surface area contributed by atoms with Gasteiger partial charge in [0.25, 0.3) is 0 Å². The van der Waals surface area contributed by atoms with E-state index >= 15 is 0 Å². The molecule has 1 aliphatic rings. The Morgan fingerprint density at radius 2 is 2.35 bits per heavy atom. The Kier molecular flexibility index (Phi) is 8.62. The van der Waals surface area contributed by atoms with Crippen LogP contribution in [0.25, 0.3) is 0 Å². The van der Waals surface area contributed by atoms with Gasteiger partial charge in [0.15, 0.2) is 5.13 Å². The molecule has 0 saturated carbocycles. The molecule has 116 valence electrons. The third-order valence-corrected chi connectivity index (χ3v) is 4.08. The number of rotatable bonds is 4. The number of anilines is 1. The van der Waals surface area contributed by atoms with Crippen molar-refractivity contribution < 1.29 is 4.79 Å². The number of nitrogens with one attached hydrogen (secondary N) is 1. The van der Waals surface area contributed by atoms with E-state index in [4.69, 9.17) is 5.73 Å². The van der Waals surface area contributed by atoms with E-state index in [1.165, 1.54) is 24.7 Å². The first kappa shape index (κ1) is 19.6.